The average molecular weight is 487 g/mol. The molecule has 2 aromatic carbocycles. The molecule has 1 atom stereocenters. The van der Waals surface area contributed by atoms with Gasteiger partial charge in [0.15, 0.2) is 5.82 Å². The standard InChI is InChI=1S/C29H38N6O/c1-6-12-25(27-31-32-33-35(27)29(4,5)7-2)34(18-17-22-14-9-8-10-15-22)20-24-19-23-16-11-13-21(3)26(23)30-28(24)36/h8-11,13-16,19,25H,6-7,12,17-18,20H2,1-5H3,(H,30,36). The normalized spacial score (nSPS) is 12.9. The van der Waals surface area contributed by atoms with E-state index in [0.717, 1.165) is 60.1 Å². The zero-order valence-corrected chi connectivity index (χ0v) is 22.2. The Morgan fingerprint density at radius 1 is 1.08 bits per heavy atom. The summed E-state index contributed by atoms with van der Waals surface area (Å²) in [5.74, 6) is 0.866. The van der Waals surface area contributed by atoms with Gasteiger partial charge in [0.05, 0.1) is 17.1 Å². The summed E-state index contributed by atoms with van der Waals surface area (Å²) in [5.41, 5.74) is 3.77. The summed E-state index contributed by atoms with van der Waals surface area (Å²) in [5, 5.41) is 14.1. The number of aromatic nitrogens is 5. The van der Waals surface area contributed by atoms with E-state index in [4.69, 9.17) is 0 Å². The van der Waals surface area contributed by atoms with Gasteiger partial charge in [0.25, 0.3) is 5.56 Å². The number of pyridine rings is 1. The van der Waals surface area contributed by atoms with Gasteiger partial charge >= 0.3 is 0 Å². The summed E-state index contributed by atoms with van der Waals surface area (Å²) in [7, 11) is 0. The van der Waals surface area contributed by atoms with Crippen molar-refractivity contribution in [2.45, 2.75) is 78.4 Å². The summed E-state index contributed by atoms with van der Waals surface area (Å²) >= 11 is 0. The third-order valence-electron chi connectivity index (χ3n) is 7.30. The molecule has 0 aliphatic rings. The van der Waals surface area contributed by atoms with Gasteiger partial charge in [-0.05, 0) is 73.0 Å². The Balaban J connectivity index is 1.75. The maximum absolute atomic E-state index is 13.2. The lowest BCUT2D eigenvalue weighted by Gasteiger charge is -2.33. The molecule has 0 radical (unpaired) electrons. The maximum Gasteiger partial charge on any atom is 0.252 e. The Morgan fingerprint density at radius 3 is 2.58 bits per heavy atom. The quantitative estimate of drug-likeness (QED) is 0.300. The molecule has 4 rings (SSSR count). The number of rotatable bonds is 11. The second-order valence-corrected chi connectivity index (χ2v) is 10.3. The van der Waals surface area contributed by atoms with Crippen LogP contribution in [0.4, 0.5) is 0 Å². The molecule has 4 aromatic rings. The predicted octanol–water partition coefficient (Wildman–Crippen LogP) is 5.55. The number of aryl methyl sites for hydroxylation is 1. The van der Waals surface area contributed by atoms with Crippen LogP contribution in [0.2, 0.25) is 0 Å². The van der Waals surface area contributed by atoms with Gasteiger partial charge in [-0.25, -0.2) is 4.68 Å². The number of para-hydroxylation sites is 1. The van der Waals surface area contributed by atoms with Crippen LogP contribution in [0.1, 0.15) is 75.5 Å². The molecule has 0 aliphatic carbocycles. The number of tetrazole rings is 1. The Bertz CT molecular complexity index is 1340. The first-order valence-electron chi connectivity index (χ1n) is 13.0. The van der Waals surface area contributed by atoms with Crippen molar-refractivity contribution in [1.82, 2.24) is 30.1 Å². The molecule has 36 heavy (non-hydrogen) atoms. The first-order chi connectivity index (χ1) is 17.3. The number of fused-ring (bicyclic) bond motifs is 1. The molecule has 190 valence electrons. The largest absolute Gasteiger partial charge is 0.321 e. The van der Waals surface area contributed by atoms with Crippen LogP contribution in [0.15, 0.2) is 59.4 Å². The van der Waals surface area contributed by atoms with Gasteiger partial charge < -0.3 is 4.98 Å². The highest BCUT2D eigenvalue weighted by molar-refractivity contribution is 5.81. The highest BCUT2D eigenvalue weighted by atomic mass is 16.1. The van der Waals surface area contributed by atoms with Gasteiger partial charge in [-0.3, -0.25) is 9.69 Å². The number of hydrogen-bond acceptors (Lipinski definition) is 5. The summed E-state index contributed by atoms with van der Waals surface area (Å²) in [6, 6.07) is 18.7. The highest BCUT2D eigenvalue weighted by Gasteiger charge is 2.31. The van der Waals surface area contributed by atoms with Gasteiger partial charge in [-0.15, -0.1) is 5.10 Å². The van der Waals surface area contributed by atoms with Crippen LogP contribution in [0.5, 0.6) is 0 Å². The average Bonchev–Trinajstić information content (AvgIpc) is 3.37. The summed E-state index contributed by atoms with van der Waals surface area (Å²) < 4.78 is 1.98. The number of benzene rings is 2. The topological polar surface area (TPSA) is 79.7 Å². The molecule has 0 saturated carbocycles. The lowest BCUT2D eigenvalue weighted by molar-refractivity contribution is 0.155. The maximum atomic E-state index is 13.2. The minimum Gasteiger partial charge on any atom is -0.321 e. The monoisotopic (exact) mass is 486 g/mol. The molecule has 1 N–H and O–H groups in total. The lowest BCUT2D eigenvalue weighted by atomic mass is 10.00. The summed E-state index contributed by atoms with van der Waals surface area (Å²) in [4.78, 5) is 18.7. The van der Waals surface area contributed by atoms with Crippen molar-refractivity contribution in [2.75, 3.05) is 6.54 Å². The van der Waals surface area contributed by atoms with E-state index in [-0.39, 0.29) is 17.1 Å². The molecule has 2 heterocycles. The van der Waals surface area contributed by atoms with Crippen LogP contribution in [-0.4, -0.2) is 36.6 Å². The molecular formula is C29H38N6O. The van der Waals surface area contributed by atoms with Crippen LogP contribution in [0, 0.1) is 6.92 Å². The first kappa shape index (κ1) is 25.8. The second-order valence-electron chi connectivity index (χ2n) is 10.3. The van der Waals surface area contributed by atoms with Crippen molar-refractivity contribution in [1.29, 1.82) is 0 Å². The molecule has 0 amide bonds. The number of H-pyrrole nitrogens is 1. The van der Waals surface area contributed by atoms with Gasteiger partial charge in [-0.1, -0.05) is 68.8 Å². The molecular weight excluding hydrogens is 448 g/mol. The van der Waals surface area contributed by atoms with E-state index in [9.17, 15) is 4.79 Å². The molecule has 7 heteroatoms. The zero-order chi connectivity index (χ0) is 25.7. The number of nitrogens with one attached hydrogen (secondary N) is 1. The minimum atomic E-state index is -0.201. The van der Waals surface area contributed by atoms with Crippen LogP contribution in [0.3, 0.4) is 0 Å². The molecule has 0 fully saturated rings. The fourth-order valence-electron chi connectivity index (χ4n) is 4.76. The van der Waals surface area contributed by atoms with E-state index >= 15 is 0 Å². The number of nitrogens with zero attached hydrogens (tertiary/aromatic N) is 5. The second kappa shape index (κ2) is 11.2. The van der Waals surface area contributed by atoms with Gasteiger partial charge in [0.2, 0.25) is 0 Å². The van der Waals surface area contributed by atoms with Crippen molar-refractivity contribution in [3.8, 4) is 0 Å². The predicted molar refractivity (Wildman–Crippen MR) is 145 cm³/mol. The van der Waals surface area contributed by atoms with E-state index < -0.39 is 0 Å². The number of hydrogen-bond donors (Lipinski definition) is 1. The van der Waals surface area contributed by atoms with Crippen molar-refractivity contribution in [2.24, 2.45) is 0 Å². The van der Waals surface area contributed by atoms with Crippen molar-refractivity contribution in [3.63, 3.8) is 0 Å². The zero-order valence-electron chi connectivity index (χ0n) is 22.2. The van der Waals surface area contributed by atoms with Crippen LogP contribution in [0.25, 0.3) is 10.9 Å². The highest BCUT2D eigenvalue weighted by Crippen LogP contribution is 2.30. The molecule has 2 aromatic heterocycles. The fourth-order valence-corrected chi connectivity index (χ4v) is 4.76. The van der Waals surface area contributed by atoms with Gasteiger partial charge in [0, 0.05) is 18.7 Å². The minimum absolute atomic E-state index is 0.00727. The van der Waals surface area contributed by atoms with E-state index in [0.29, 0.717) is 6.54 Å². The summed E-state index contributed by atoms with van der Waals surface area (Å²) in [6.07, 6.45) is 3.68. The van der Waals surface area contributed by atoms with Crippen LogP contribution < -0.4 is 5.56 Å². The Kier molecular flexibility index (Phi) is 7.99. The van der Waals surface area contributed by atoms with Crippen molar-refractivity contribution < 1.29 is 0 Å². The smallest absolute Gasteiger partial charge is 0.252 e. The molecule has 0 spiro atoms. The van der Waals surface area contributed by atoms with Crippen molar-refractivity contribution in [3.05, 3.63) is 87.5 Å². The van der Waals surface area contributed by atoms with Gasteiger partial charge in [0.1, 0.15) is 0 Å². The first-order valence-corrected chi connectivity index (χ1v) is 13.0. The Labute approximate surface area is 213 Å². The lowest BCUT2D eigenvalue weighted by Crippen LogP contribution is -2.37. The molecule has 1 unspecified atom stereocenters. The SMILES string of the molecule is CCCC(c1nnnn1C(C)(C)CC)N(CCc1ccccc1)Cc1cc2cccc(C)c2[nH]c1=O. The van der Waals surface area contributed by atoms with E-state index in [1.165, 1.54) is 5.56 Å². The van der Waals surface area contributed by atoms with Crippen molar-refractivity contribution >= 4 is 10.9 Å². The van der Waals surface area contributed by atoms with E-state index in [1.807, 2.05) is 35.9 Å². The Morgan fingerprint density at radius 2 is 1.86 bits per heavy atom. The third-order valence-corrected chi connectivity index (χ3v) is 7.30. The van der Waals surface area contributed by atoms with E-state index in [2.05, 4.69) is 83.4 Å². The van der Waals surface area contributed by atoms with Crippen LogP contribution in [-0.2, 0) is 18.5 Å². The van der Waals surface area contributed by atoms with Crippen LogP contribution >= 0.6 is 0 Å². The summed E-state index contributed by atoms with van der Waals surface area (Å²) in [6.45, 7) is 12.0. The molecule has 0 saturated heterocycles. The van der Waals surface area contributed by atoms with E-state index in [1.54, 1.807) is 0 Å². The molecule has 7 nitrogen and oxygen atoms in total. The Hall–Kier alpha value is -3.32. The molecule has 0 aliphatic heterocycles. The fraction of sp³-hybridized carbons (Fsp3) is 0.448. The number of aromatic amines is 1. The third kappa shape index (κ3) is 5.57. The van der Waals surface area contributed by atoms with Gasteiger partial charge in [-0.2, -0.15) is 0 Å². The molecule has 0 bridgehead atoms.